The largest absolute Gasteiger partial charge is 0.310 e. The van der Waals surface area contributed by atoms with E-state index in [1.165, 1.54) is 99.8 Å². The minimum Gasteiger partial charge on any atom is -0.310 e. The molecule has 0 heterocycles. The van der Waals surface area contributed by atoms with E-state index in [-0.39, 0.29) is 0 Å². The van der Waals surface area contributed by atoms with Gasteiger partial charge >= 0.3 is 0 Å². The first-order chi connectivity index (χ1) is 30.6. The van der Waals surface area contributed by atoms with Crippen molar-refractivity contribution in [2.45, 2.75) is 19.3 Å². The zero-order chi connectivity index (χ0) is 41.4. The van der Waals surface area contributed by atoms with Crippen LogP contribution in [0, 0.1) is 13.8 Å². The lowest BCUT2D eigenvalue weighted by atomic mass is 9.70. The summed E-state index contributed by atoms with van der Waals surface area (Å²) in [5.41, 5.74) is 23.5. The Labute approximate surface area is 363 Å². The second kappa shape index (κ2) is 14.2. The van der Waals surface area contributed by atoms with Crippen LogP contribution in [-0.4, -0.2) is 0 Å². The van der Waals surface area contributed by atoms with Crippen molar-refractivity contribution in [1.29, 1.82) is 0 Å². The second-order valence-corrected chi connectivity index (χ2v) is 16.9. The molecule has 62 heavy (non-hydrogen) atoms. The van der Waals surface area contributed by atoms with Crippen molar-refractivity contribution in [1.82, 2.24) is 0 Å². The molecule has 0 radical (unpaired) electrons. The molecule has 0 unspecified atom stereocenters. The Bertz CT molecular complexity index is 3310. The molecule has 2 aliphatic carbocycles. The minimum absolute atomic E-state index is 0.467. The maximum atomic E-state index is 2.53. The minimum atomic E-state index is -0.467. The number of anilines is 3. The summed E-state index contributed by atoms with van der Waals surface area (Å²) in [5, 5.41) is 2.48. The first kappa shape index (κ1) is 36.1. The molecular weight excluding hydrogens is 747 g/mol. The molecule has 0 fully saturated rings. The average Bonchev–Trinajstić information content (AvgIpc) is 3.80. The molecule has 1 heteroatoms. The smallest absolute Gasteiger partial charge is 0.0726 e. The van der Waals surface area contributed by atoms with Gasteiger partial charge in [0.2, 0.25) is 0 Å². The Hall–Kier alpha value is -7.74. The Morgan fingerprint density at radius 2 is 0.758 bits per heavy atom. The van der Waals surface area contributed by atoms with Gasteiger partial charge in [0.1, 0.15) is 0 Å². The van der Waals surface area contributed by atoms with Gasteiger partial charge in [-0.1, -0.05) is 188 Å². The fourth-order valence-electron chi connectivity index (χ4n) is 10.7. The summed E-state index contributed by atoms with van der Waals surface area (Å²) in [4.78, 5) is 2.48. The molecule has 0 amide bonds. The predicted molar refractivity (Wildman–Crippen MR) is 261 cm³/mol. The molecule has 0 N–H and O–H groups in total. The van der Waals surface area contributed by atoms with Gasteiger partial charge in [-0.3, -0.25) is 0 Å². The molecule has 292 valence electrons. The van der Waals surface area contributed by atoms with Crippen molar-refractivity contribution >= 4 is 27.8 Å². The molecule has 0 bridgehead atoms. The van der Waals surface area contributed by atoms with Crippen molar-refractivity contribution < 1.29 is 0 Å². The molecule has 2 aliphatic rings. The number of rotatable bonds is 6. The van der Waals surface area contributed by atoms with E-state index in [1.807, 2.05) is 0 Å². The summed E-state index contributed by atoms with van der Waals surface area (Å²) >= 11 is 0. The highest BCUT2D eigenvalue weighted by Gasteiger charge is 2.52. The standard InChI is InChI=1S/C61H43N/c1-40-16-6-7-19-48(40)54-38-45(29-28-41(54)2)44-32-36-47(37-33-44)62(46-34-30-43(31-35-46)42-17-4-3-5-18-42)59-39-58-60(52-23-9-8-22-51(52)59)53-24-12-15-27-57(53)61(58)55-25-13-10-20-49(55)50-21-11-14-26-56(50)61/h3-39H,1-2H3. The summed E-state index contributed by atoms with van der Waals surface area (Å²) < 4.78 is 0. The van der Waals surface area contributed by atoms with Gasteiger partial charge in [0, 0.05) is 16.8 Å². The van der Waals surface area contributed by atoms with Gasteiger partial charge in [0.25, 0.3) is 0 Å². The van der Waals surface area contributed by atoms with E-state index in [0.717, 1.165) is 17.1 Å². The average molecular weight is 790 g/mol. The van der Waals surface area contributed by atoms with Gasteiger partial charge in [-0.25, -0.2) is 0 Å². The molecule has 0 saturated heterocycles. The Balaban J connectivity index is 1.09. The molecule has 0 saturated carbocycles. The number of hydrogen-bond donors (Lipinski definition) is 0. The summed E-state index contributed by atoms with van der Waals surface area (Å²) in [7, 11) is 0. The van der Waals surface area contributed by atoms with Gasteiger partial charge in [0.15, 0.2) is 0 Å². The van der Waals surface area contributed by atoms with Crippen LogP contribution in [0.4, 0.5) is 17.1 Å². The van der Waals surface area contributed by atoms with Crippen LogP contribution >= 0.6 is 0 Å². The van der Waals surface area contributed by atoms with Crippen LogP contribution in [0.1, 0.15) is 33.4 Å². The van der Waals surface area contributed by atoms with Crippen molar-refractivity contribution in [3.05, 3.63) is 258 Å². The molecule has 10 aromatic carbocycles. The van der Waals surface area contributed by atoms with Crippen LogP contribution in [0.5, 0.6) is 0 Å². The molecule has 10 aromatic rings. The summed E-state index contributed by atoms with van der Waals surface area (Å²) in [5.74, 6) is 0. The van der Waals surface area contributed by atoms with Crippen LogP contribution in [0.15, 0.2) is 224 Å². The van der Waals surface area contributed by atoms with Gasteiger partial charge in [0.05, 0.1) is 11.1 Å². The molecule has 12 rings (SSSR count). The third-order valence-corrected chi connectivity index (χ3v) is 13.6. The number of nitrogens with zero attached hydrogens (tertiary/aromatic N) is 1. The van der Waals surface area contributed by atoms with Crippen LogP contribution in [0.3, 0.4) is 0 Å². The van der Waals surface area contributed by atoms with E-state index in [2.05, 4.69) is 243 Å². The highest BCUT2D eigenvalue weighted by molar-refractivity contribution is 6.12. The van der Waals surface area contributed by atoms with E-state index in [4.69, 9.17) is 0 Å². The van der Waals surface area contributed by atoms with E-state index >= 15 is 0 Å². The SMILES string of the molecule is Cc1ccccc1-c1cc(-c2ccc(N(c3ccc(-c4ccccc4)cc3)c3cc4c(c5ccccc35)-c3ccccc3C43c4ccccc4-c4ccccc43)cc2)ccc1C. The number of benzene rings is 10. The quantitative estimate of drug-likeness (QED) is 0.162. The fraction of sp³-hybridized carbons (Fsp3) is 0.0492. The number of fused-ring (bicyclic) bond motifs is 12. The van der Waals surface area contributed by atoms with E-state index in [9.17, 15) is 0 Å². The van der Waals surface area contributed by atoms with Crippen LogP contribution in [0.25, 0.3) is 66.4 Å². The summed E-state index contributed by atoms with van der Waals surface area (Å²) in [6.07, 6.45) is 0. The van der Waals surface area contributed by atoms with Gasteiger partial charge in [-0.2, -0.15) is 0 Å². The molecule has 0 aliphatic heterocycles. The summed E-state index contributed by atoms with van der Waals surface area (Å²) in [6, 6.07) is 83.4. The predicted octanol–water partition coefficient (Wildman–Crippen LogP) is 16.3. The second-order valence-electron chi connectivity index (χ2n) is 16.9. The van der Waals surface area contributed by atoms with Gasteiger partial charge in [-0.05, 0) is 145 Å². The van der Waals surface area contributed by atoms with Crippen molar-refractivity contribution in [3.8, 4) is 55.6 Å². The lowest BCUT2D eigenvalue weighted by Crippen LogP contribution is -2.26. The number of aryl methyl sites for hydroxylation is 2. The van der Waals surface area contributed by atoms with E-state index in [1.54, 1.807) is 0 Å². The third kappa shape index (κ3) is 5.35. The molecule has 1 nitrogen and oxygen atoms in total. The van der Waals surface area contributed by atoms with Gasteiger partial charge < -0.3 is 4.90 Å². The fourth-order valence-corrected chi connectivity index (χ4v) is 10.7. The van der Waals surface area contributed by atoms with Crippen molar-refractivity contribution in [3.63, 3.8) is 0 Å². The zero-order valence-electron chi connectivity index (χ0n) is 34.8. The van der Waals surface area contributed by atoms with Crippen LogP contribution < -0.4 is 4.90 Å². The third-order valence-electron chi connectivity index (χ3n) is 13.6. The van der Waals surface area contributed by atoms with Crippen LogP contribution in [-0.2, 0) is 5.41 Å². The normalized spacial score (nSPS) is 12.8. The van der Waals surface area contributed by atoms with Gasteiger partial charge in [-0.15, -0.1) is 0 Å². The Morgan fingerprint density at radius 1 is 0.306 bits per heavy atom. The van der Waals surface area contributed by atoms with Crippen LogP contribution in [0.2, 0.25) is 0 Å². The molecule has 0 aromatic heterocycles. The van der Waals surface area contributed by atoms with Crippen molar-refractivity contribution in [2.24, 2.45) is 0 Å². The summed E-state index contributed by atoms with van der Waals surface area (Å²) in [6.45, 7) is 4.41. The first-order valence-corrected chi connectivity index (χ1v) is 21.7. The highest BCUT2D eigenvalue weighted by atomic mass is 15.1. The molecule has 1 spiro atoms. The van der Waals surface area contributed by atoms with E-state index < -0.39 is 5.41 Å². The Morgan fingerprint density at radius 3 is 1.39 bits per heavy atom. The Kier molecular flexibility index (Phi) is 8.27. The topological polar surface area (TPSA) is 3.24 Å². The molecular formula is C61H43N. The van der Waals surface area contributed by atoms with E-state index in [0.29, 0.717) is 0 Å². The highest BCUT2D eigenvalue weighted by Crippen LogP contribution is 2.64. The lowest BCUT2D eigenvalue weighted by Gasteiger charge is -2.33. The molecule has 0 atom stereocenters. The number of hydrogen-bond acceptors (Lipinski definition) is 1. The monoisotopic (exact) mass is 789 g/mol. The maximum Gasteiger partial charge on any atom is 0.0726 e. The first-order valence-electron chi connectivity index (χ1n) is 21.7. The zero-order valence-corrected chi connectivity index (χ0v) is 34.8. The maximum absolute atomic E-state index is 2.53. The van der Waals surface area contributed by atoms with Crippen molar-refractivity contribution in [2.75, 3.05) is 4.90 Å². The lowest BCUT2D eigenvalue weighted by molar-refractivity contribution is 0.794.